The van der Waals surface area contributed by atoms with Gasteiger partial charge >= 0.3 is 5.97 Å². The molecule has 2 N–H and O–H groups in total. The molecule has 0 radical (unpaired) electrons. The molecule has 2 rings (SSSR count). The molecule has 1 amide bonds. The van der Waals surface area contributed by atoms with E-state index in [4.69, 9.17) is 5.11 Å². The van der Waals surface area contributed by atoms with Gasteiger partial charge in [-0.15, -0.1) is 22.7 Å². The molecule has 8 heteroatoms. The molecule has 0 fully saturated rings. The van der Waals surface area contributed by atoms with Crippen LogP contribution in [0.25, 0.3) is 0 Å². The molecule has 2 heterocycles. The molecule has 0 spiro atoms. The van der Waals surface area contributed by atoms with E-state index in [1.165, 1.54) is 11.3 Å². The van der Waals surface area contributed by atoms with Crippen molar-refractivity contribution >= 4 is 72.1 Å². The van der Waals surface area contributed by atoms with E-state index < -0.39 is 5.97 Å². The minimum absolute atomic E-state index is 0.123. The Kier molecular flexibility index (Phi) is 4.21. The Morgan fingerprint density at radius 2 is 2.06 bits per heavy atom. The van der Waals surface area contributed by atoms with Gasteiger partial charge in [-0.1, -0.05) is 0 Å². The van der Waals surface area contributed by atoms with Gasteiger partial charge < -0.3 is 10.4 Å². The molecule has 4 nitrogen and oxygen atoms in total. The van der Waals surface area contributed by atoms with Gasteiger partial charge in [-0.2, -0.15) is 0 Å². The zero-order valence-electron chi connectivity index (χ0n) is 8.57. The van der Waals surface area contributed by atoms with Crippen LogP contribution in [-0.4, -0.2) is 17.0 Å². The number of halogens is 2. The van der Waals surface area contributed by atoms with E-state index in [0.29, 0.717) is 10.6 Å². The third-order valence-corrected chi connectivity index (χ3v) is 6.13. The van der Waals surface area contributed by atoms with Gasteiger partial charge in [0.2, 0.25) is 0 Å². The van der Waals surface area contributed by atoms with Gasteiger partial charge in [0.25, 0.3) is 5.91 Å². The molecule has 0 aromatic carbocycles. The summed E-state index contributed by atoms with van der Waals surface area (Å²) in [6.07, 6.45) is 0. The number of nitrogens with one attached hydrogen (secondary N) is 1. The SMILES string of the molecule is O=C(Nc1ccsc1C(=O)O)c1cc(Br)c(Br)s1. The number of carbonyl (C=O) groups excluding carboxylic acids is 1. The van der Waals surface area contributed by atoms with Crippen LogP contribution >= 0.6 is 54.5 Å². The number of anilines is 1. The molecular weight excluding hydrogens is 406 g/mol. The molecule has 0 saturated carbocycles. The highest BCUT2D eigenvalue weighted by molar-refractivity contribution is 9.13. The second-order valence-corrected chi connectivity index (χ2v) is 7.30. The maximum absolute atomic E-state index is 11.9. The number of hydrogen-bond acceptors (Lipinski definition) is 4. The summed E-state index contributed by atoms with van der Waals surface area (Å²) in [5.41, 5.74) is 0.318. The quantitative estimate of drug-likeness (QED) is 0.793. The van der Waals surface area contributed by atoms with Crippen LogP contribution in [0.2, 0.25) is 0 Å². The molecule has 2 aromatic rings. The lowest BCUT2D eigenvalue weighted by Crippen LogP contribution is -2.11. The number of aromatic carboxylic acids is 1. The molecule has 0 bridgehead atoms. The van der Waals surface area contributed by atoms with Crippen molar-refractivity contribution in [2.75, 3.05) is 5.32 Å². The fraction of sp³-hybridized carbons (Fsp3) is 0. The van der Waals surface area contributed by atoms with Crippen LogP contribution in [0.1, 0.15) is 19.3 Å². The predicted molar refractivity (Wildman–Crippen MR) is 79.0 cm³/mol. The largest absolute Gasteiger partial charge is 0.477 e. The van der Waals surface area contributed by atoms with Crippen LogP contribution in [0.3, 0.4) is 0 Å². The Bertz CT molecular complexity index is 601. The minimum Gasteiger partial charge on any atom is -0.477 e. The van der Waals surface area contributed by atoms with Crippen molar-refractivity contribution in [2.45, 2.75) is 0 Å². The number of amides is 1. The smallest absolute Gasteiger partial charge is 0.348 e. The zero-order chi connectivity index (χ0) is 13.3. The lowest BCUT2D eigenvalue weighted by atomic mass is 10.3. The molecule has 0 atom stereocenters. The fourth-order valence-corrected chi connectivity index (χ4v) is 3.83. The number of thiophene rings is 2. The average Bonchev–Trinajstić information content (AvgIpc) is 2.87. The predicted octanol–water partition coefficient (Wildman–Crippen LogP) is 4.29. The lowest BCUT2D eigenvalue weighted by molar-refractivity contribution is 0.0703. The molecule has 0 aliphatic carbocycles. The van der Waals surface area contributed by atoms with Crippen molar-refractivity contribution in [1.82, 2.24) is 0 Å². The van der Waals surface area contributed by atoms with Crippen molar-refractivity contribution in [3.8, 4) is 0 Å². The Balaban J connectivity index is 2.21. The van der Waals surface area contributed by atoms with Crippen molar-refractivity contribution < 1.29 is 14.7 Å². The first kappa shape index (κ1) is 13.7. The summed E-state index contributed by atoms with van der Waals surface area (Å²) in [6.45, 7) is 0. The first-order chi connectivity index (χ1) is 8.49. The topological polar surface area (TPSA) is 66.4 Å². The highest BCUT2D eigenvalue weighted by Crippen LogP contribution is 2.33. The van der Waals surface area contributed by atoms with Crippen LogP contribution in [0.5, 0.6) is 0 Å². The van der Waals surface area contributed by atoms with E-state index in [-0.39, 0.29) is 10.8 Å². The van der Waals surface area contributed by atoms with Gasteiger partial charge in [-0.3, -0.25) is 4.79 Å². The van der Waals surface area contributed by atoms with Crippen molar-refractivity contribution in [3.05, 3.63) is 35.5 Å². The van der Waals surface area contributed by atoms with E-state index in [0.717, 1.165) is 19.6 Å². The molecule has 0 aliphatic heterocycles. The molecule has 0 aliphatic rings. The van der Waals surface area contributed by atoms with Crippen LogP contribution in [0, 0.1) is 0 Å². The molecule has 94 valence electrons. The monoisotopic (exact) mass is 409 g/mol. The number of carbonyl (C=O) groups is 2. The van der Waals surface area contributed by atoms with E-state index in [1.54, 1.807) is 17.5 Å². The van der Waals surface area contributed by atoms with E-state index >= 15 is 0 Å². The summed E-state index contributed by atoms with van der Waals surface area (Å²) in [6, 6.07) is 3.25. The molecule has 18 heavy (non-hydrogen) atoms. The Hall–Kier alpha value is -0.700. The minimum atomic E-state index is -1.05. The number of hydrogen-bond donors (Lipinski definition) is 2. The third kappa shape index (κ3) is 2.82. The van der Waals surface area contributed by atoms with Crippen LogP contribution in [0.15, 0.2) is 25.8 Å². The van der Waals surface area contributed by atoms with E-state index in [1.807, 2.05) is 0 Å². The first-order valence-electron chi connectivity index (χ1n) is 4.56. The van der Waals surface area contributed by atoms with E-state index in [9.17, 15) is 9.59 Å². The first-order valence-corrected chi connectivity index (χ1v) is 7.84. The van der Waals surface area contributed by atoms with Crippen molar-refractivity contribution in [2.24, 2.45) is 0 Å². The summed E-state index contributed by atoms with van der Waals surface area (Å²) in [5, 5.41) is 13.1. The van der Waals surface area contributed by atoms with Crippen LogP contribution in [0.4, 0.5) is 5.69 Å². The normalized spacial score (nSPS) is 10.3. The van der Waals surface area contributed by atoms with E-state index in [2.05, 4.69) is 37.2 Å². The lowest BCUT2D eigenvalue weighted by Gasteiger charge is -2.01. The zero-order valence-corrected chi connectivity index (χ0v) is 13.4. The number of carboxylic acids is 1. The molecule has 0 saturated heterocycles. The Labute approximate surface area is 127 Å². The highest BCUT2D eigenvalue weighted by atomic mass is 79.9. The maximum atomic E-state index is 11.9. The van der Waals surface area contributed by atoms with Gasteiger partial charge in [0.15, 0.2) is 0 Å². The van der Waals surface area contributed by atoms with Gasteiger partial charge in [-0.25, -0.2) is 4.79 Å². The van der Waals surface area contributed by atoms with Gasteiger partial charge in [0.1, 0.15) is 4.88 Å². The van der Waals surface area contributed by atoms with Crippen LogP contribution < -0.4 is 5.32 Å². The highest BCUT2D eigenvalue weighted by Gasteiger charge is 2.17. The molecule has 2 aromatic heterocycles. The standard InChI is InChI=1S/C10H5Br2NO3S2/c11-4-3-6(18-8(4)12)9(14)13-5-1-2-17-7(5)10(15)16/h1-3H,(H,13,14)(H,15,16). The fourth-order valence-electron chi connectivity index (χ4n) is 1.22. The van der Waals surface area contributed by atoms with Crippen LogP contribution in [-0.2, 0) is 0 Å². The number of carboxylic acid groups (broad SMARTS) is 1. The summed E-state index contributed by atoms with van der Waals surface area (Å²) in [5.74, 6) is -1.37. The second kappa shape index (κ2) is 5.52. The Morgan fingerprint density at radius 3 is 2.61 bits per heavy atom. The maximum Gasteiger partial charge on any atom is 0.348 e. The molecule has 0 unspecified atom stereocenters. The summed E-state index contributed by atoms with van der Waals surface area (Å²) in [4.78, 5) is 23.4. The van der Waals surface area contributed by atoms with Crippen molar-refractivity contribution in [1.29, 1.82) is 0 Å². The number of rotatable bonds is 3. The second-order valence-electron chi connectivity index (χ2n) is 3.15. The van der Waals surface area contributed by atoms with Gasteiger partial charge in [-0.05, 0) is 49.4 Å². The van der Waals surface area contributed by atoms with Crippen molar-refractivity contribution in [3.63, 3.8) is 0 Å². The average molecular weight is 411 g/mol. The summed E-state index contributed by atoms with van der Waals surface area (Å²) < 4.78 is 1.61. The third-order valence-electron chi connectivity index (χ3n) is 1.98. The summed E-state index contributed by atoms with van der Waals surface area (Å²) >= 11 is 8.94. The van der Waals surface area contributed by atoms with Gasteiger partial charge in [0, 0.05) is 4.47 Å². The molecular formula is C10H5Br2NO3S2. The Morgan fingerprint density at radius 1 is 1.33 bits per heavy atom. The van der Waals surface area contributed by atoms with Gasteiger partial charge in [0.05, 0.1) is 14.4 Å². The summed E-state index contributed by atoms with van der Waals surface area (Å²) in [7, 11) is 0.